The molecular weight excluding hydrogens is 343 g/mol. The highest BCUT2D eigenvalue weighted by molar-refractivity contribution is 6.30. The van der Waals surface area contributed by atoms with Gasteiger partial charge in [0.1, 0.15) is 5.82 Å². The molecule has 0 spiro atoms. The SMILES string of the molecule is O=C(Nc1ccc(F)cc1)c1cnc(NCc2ccc(Cl)cc2)nc1. The average molecular weight is 357 g/mol. The summed E-state index contributed by atoms with van der Waals surface area (Å²) in [6.45, 7) is 0.540. The van der Waals surface area contributed by atoms with Gasteiger partial charge in [-0.2, -0.15) is 0 Å². The Bertz CT molecular complexity index is 852. The summed E-state index contributed by atoms with van der Waals surface area (Å²) in [5.41, 5.74) is 1.84. The molecule has 126 valence electrons. The van der Waals surface area contributed by atoms with E-state index in [0.717, 1.165) is 5.56 Å². The topological polar surface area (TPSA) is 66.9 Å². The van der Waals surface area contributed by atoms with Crippen molar-refractivity contribution in [3.05, 3.63) is 82.9 Å². The van der Waals surface area contributed by atoms with E-state index < -0.39 is 0 Å². The van der Waals surface area contributed by atoms with Gasteiger partial charge in [-0.3, -0.25) is 4.79 Å². The van der Waals surface area contributed by atoms with Crippen LogP contribution in [0, 0.1) is 5.82 Å². The molecule has 1 heterocycles. The highest BCUT2D eigenvalue weighted by Gasteiger charge is 2.08. The first-order chi connectivity index (χ1) is 12.1. The summed E-state index contributed by atoms with van der Waals surface area (Å²) in [6.07, 6.45) is 2.85. The van der Waals surface area contributed by atoms with Crippen molar-refractivity contribution in [3.8, 4) is 0 Å². The number of aromatic nitrogens is 2. The van der Waals surface area contributed by atoms with Crippen LogP contribution in [0.4, 0.5) is 16.0 Å². The van der Waals surface area contributed by atoms with E-state index in [-0.39, 0.29) is 11.7 Å². The average Bonchev–Trinajstić information content (AvgIpc) is 2.63. The highest BCUT2D eigenvalue weighted by Crippen LogP contribution is 2.12. The van der Waals surface area contributed by atoms with Crippen molar-refractivity contribution in [1.29, 1.82) is 0 Å². The van der Waals surface area contributed by atoms with Crippen molar-refractivity contribution in [3.63, 3.8) is 0 Å². The van der Waals surface area contributed by atoms with Crippen LogP contribution in [-0.2, 0) is 6.54 Å². The van der Waals surface area contributed by atoms with E-state index >= 15 is 0 Å². The number of amides is 1. The summed E-state index contributed by atoms with van der Waals surface area (Å²) < 4.78 is 12.9. The van der Waals surface area contributed by atoms with Gasteiger partial charge in [0, 0.05) is 29.6 Å². The lowest BCUT2D eigenvalue weighted by Gasteiger charge is -2.07. The Kier molecular flexibility index (Phi) is 5.20. The molecule has 0 bridgehead atoms. The minimum Gasteiger partial charge on any atom is -0.350 e. The number of nitrogens with zero attached hydrogens (tertiary/aromatic N) is 2. The van der Waals surface area contributed by atoms with Crippen LogP contribution in [0.1, 0.15) is 15.9 Å². The molecular formula is C18H14ClFN4O. The van der Waals surface area contributed by atoms with Gasteiger partial charge in [-0.25, -0.2) is 14.4 Å². The van der Waals surface area contributed by atoms with Crippen LogP contribution >= 0.6 is 11.6 Å². The Hall–Kier alpha value is -2.99. The number of nitrogens with one attached hydrogen (secondary N) is 2. The zero-order valence-corrected chi connectivity index (χ0v) is 13.8. The Balaban J connectivity index is 1.58. The highest BCUT2D eigenvalue weighted by atomic mass is 35.5. The van der Waals surface area contributed by atoms with Gasteiger partial charge < -0.3 is 10.6 Å². The lowest BCUT2D eigenvalue weighted by atomic mass is 10.2. The van der Waals surface area contributed by atoms with Gasteiger partial charge in [0.2, 0.25) is 5.95 Å². The Morgan fingerprint density at radius 3 is 2.28 bits per heavy atom. The molecule has 0 aliphatic carbocycles. The number of carbonyl (C=O) groups is 1. The molecule has 7 heteroatoms. The molecule has 0 fully saturated rings. The molecule has 0 radical (unpaired) electrons. The van der Waals surface area contributed by atoms with E-state index in [1.807, 2.05) is 24.3 Å². The van der Waals surface area contributed by atoms with Crippen LogP contribution in [0.2, 0.25) is 5.02 Å². The molecule has 0 aliphatic heterocycles. The first-order valence-corrected chi connectivity index (χ1v) is 7.85. The summed E-state index contributed by atoms with van der Waals surface area (Å²) in [7, 11) is 0. The number of hydrogen-bond donors (Lipinski definition) is 2. The van der Waals surface area contributed by atoms with Gasteiger partial charge in [-0.15, -0.1) is 0 Å². The maximum absolute atomic E-state index is 12.9. The summed E-state index contributed by atoms with van der Waals surface area (Å²) in [5, 5.41) is 6.39. The second-order valence-corrected chi connectivity index (χ2v) is 5.67. The van der Waals surface area contributed by atoms with Crippen LogP contribution in [0.25, 0.3) is 0 Å². The van der Waals surface area contributed by atoms with E-state index in [0.29, 0.717) is 28.8 Å². The molecule has 0 unspecified atom stereocenters. The van der Waals surface area contributed by atoms with Crippen LogP contribution in [0.3, 0.4) is 0 Å². The second-order valence-electron chi connectivity index (χ2n) is 5.24. The fraction of sp³-hybridized carbons (Fsp3) is 0.0556. The molecule has 3 aromatic rings. The van der Waals surface area contributed by atoms with Crippen LogP contribution in [-0.4, -0.2) is 15.9 Å². The summed E-state index contributed by atoms with van der Waals surface area (Å²) in [5.74, 6) is -0.318. The van der Waals surface area contributed by atoms with Crippen molar-refractivity contribution in [1.82, 2.24) is 9.97 Å². The Morgan fingerprint density at radius 1 is 1.00 bits per heavy atom. The molecule has 2 N–H and O–H groups in total. The number of halogens is 2. The Labute approximate surface area is 148 Å². The predicted molar refractivity (Wildman–Crippen MR) is 95.2 cm³/mol. The minimum atomic E-state index is -0.365. The first kappa shape index (κ1) is 16.9. The van der Waals surface area contributed by atoms with Crippen molar-refractivity contribution in [2.75, 3.05) is 10.6 Å². The summed E-state index contributed by atoms with van der Waals surface area (Å²) >= 11 is 5.84. The monoisotopic (exact) mass is 356 g/mol. The van der Waals surface area contributed by atoms with Gasteiger partial charge in [-0.1, -0.05) is 23.7 Å². The number of carbonyl (C=O) groups excluding carboxylic acids is 1. The number of rotatable bonds is 5. The van der Waals surface area contributed by atoms with Gasteiger partial charge in [-0.05, 0) is 42.0 Å². The zero-order valence-electron chi connectivity index (χ0n) is 13.0. The van der Waals surface area contributed by atoms with Gasteiger partial charge in [0.15, 0.2) is 0 Å². The summed E-state index contributed by atoms with van der Waals surface area (Å²) in [6, 6.07) is 12.9. The molecule has 2 aromatic carbocycles. The largest absolute Gasteiger partial charge is 0.350 e. The minimum absolute atomic E-state index is 0.307. The molecule has 1 aromatic heterocycles. The van der Waals surface area contributed by atoms with Crippen molar-refractivity contribution < 1.29 is 9.18 Å². The van der Waals surface area contributed by atoms with E-state index in [4.69, 9.17) is 11.6 Å². The molecule has 3 rings (SSSR count). The van der Waals surface area contributed by atoms with Crippen LogP contribution < -0.4 is 10.6 Å². The summed E-state index contributed by atoms with van der Waals surface area (Å²) in [4.78, 5) is 20.3. The second kappa shape index (κ2) is 7.72. The van der Waals surface area contributed by atoms with Crippen LogP contribution in [0.15, 0.2) is 60.9 Å². The molecule has 0 aliphatic rings. The third kappa shape index (κ3) is 4.74. The van der Waals surface area contributed by atoms with Crippen molar-refractivity contribution >= 4 is 29.1 Å². The third-order valence-corrected chi connectivity index (χ3v) is 3.63. The molecule has 5 nitrogen and oxygen atoms in total. The maximum Gasteiger partial charge on any atom is 0.258 e. The lowest BCUT2D eigenvalue weighted by molar-refractivity contribution is 0.102. The smallest absolute Gasteiger partial charge is 0.258 e. The number of anilines is 2. The normalized spacial score (nSPS) is 10.3. The van der Waals surface area contributed by atoms with Gasteiger partial charge in [0.25, 0.3) is 5.91 Å². The molecule has 0 saturated heterocycles. The van der Waals surface area contributed by atoms with Crippen molar-refractivity contribution in [2.24, 2.45) is 0 Å². The van der Waals surface area contributed by atoms with Crippen molar-refractivity contribution in [2.45, 2.75) is 6.54 Å². The van der Waals surface area contributed by atoms with Crippen LogP contribution in [0.5, 0.6) is 0 Å². The fourth-order valence-corrected chi connectivity index (χ4v) is 2.18. The zero-order chi connectivity index (χ0) is 17.6. The molecule has 0 saturated carbocycles. The standard InChI is InChI=1S/C18H14ClFN4O/c19-14-3-1-12(2-4-14)9-21-18-22-10-13(11-23-18)17(25)24-16-7-5-15(20)6-8-16/h1-8,10-11H,9H2,(H,24,25)(H,21,22,23). The molecule has 0 atom stereocenters. The van der Waals surface area contributed by atoms with Gasteiger partial charge in [0.05, 0.1) is 5.56 Å². The van der Waals surface area contributed by atoms with E-state index in [2.05, 4.69) is 20.6 Å². The van der Waals surface area contributed by atoms with E-state index in [1.165, 1.54) is 36.7 Å². The number of hydrogen-bond acceptors (Lipinski definition) is 4. The predicted octanol–water partition coefficient (Wildman–Crippen LogP) is 4.13. The molecule has 1 amide bonds. The third-order valence-electron chi connectivity index (χ3n) is 3.38. The lowest BCUT2D eigenvalue weighted by Crippen LogP contribution is -2.13. The maximum atomic E-state index is 12.9. The number of benzene rings is 2. The fourth-order valence-electron chi connectivity index (χ4n) is 2.06. The van der Waals surface area contributed by atoms with E-state index in [1.54, 1.807) is 0 Å². The van der Waals surface area contributed by atoms with E-state index in [9.17, 15) is 9.18 Å². The van der Waals surface area contributed by atoms with Gasteiger partial charge >= 0.3 is 0 Å². The Morgan fingerprint density at radius 2 is 1.64 bits per heavy atom. The first-order valence-electron chi connectivity index (χ1n) is 7.47. The molecule has 25 heavy (non-hydrogen) atoms. The quantitative estimate of drug-likeness (QED) is 0.721.